The maximum Gasteiger partial charge on any atom is 0.491 e. The first-order chi connectivity index (χ1) is 7.73. The second-order valence-electron chi connectivity index (χ2n) is 3.03. The van der Waals surface area contributed by atoms with Crippen LogP contribution in [0.15, 0.2) is 18.2 Å². The van der Waals surface area contributed by atoms with E-state index in [1.165, 1.54) is 5.32 Å². The van der Waals surface area contributed by atoms with Gasteiger partial charge < -0.3 is 15.4 Å². The van der Waals surface area contributed by atoms with E-state index in [4.69, 9.17) is 10.0 Å². The predicted molar refractivity (Wildman–Crippen MR) is 50.9 cm³/mol. The van der Waals surface area contributed by atoms with Crippen molar-refractivity contribution in [2.75, 3.05) is 5.32 Å². The highest BCUT2D eigenvalue weighted by Gasteiger charge is 2.39. The van der Waals surface area contributed by atoms with Crippen LogP contribution in [-0.4, -0.2) is 29.2 Å². The van der Waals surface area contributed by atoms with Crippen molar-refractivity contribution >= 4 is 24.2 Å². The molecule has 0 radical (unpaired) electrons. The highest BCUT2D eigenvalue weighted by molar-refractivity contribution is 6.58. The number of alkyl halides is 3. The van der Waals surface area contributed by atoms with Gasteiger partial charge in [-0.25, -0.2) is 4.39 Å². The Labute approximate surface area is 93.0 Å². The summed E-state index contributed by atoms with van der Waals surface area (Å²) in [5.74, 6) is -3.68. The van der Waals surface area contributed by atoms with Crippen molar-refractivity contribution in [3.05, 3.63) is 24.0 Å². The lowest BCUT2D eigenvalue weighted by atomic mass is 9.79. The van der Waals surface area contributed by atoms with Crippen molar-refractivity contribution in [2.24, 2.45) is 0 Å². The molecule has 0 bridgehead atoms. The average Bonchev–Trinajstić information content (AvgIpc) is 2.19. The van der Waals surface area contributed by atoms with Gasteiger partial charge >= 0.3 is 19.2 Å². The molecular weight excluding hydrogens is 245 g/mol. The first kappa shape index (κ1) is 13.5. The Hall–Kier alpha value is -1.61. The average molecular weight is 251 g/mol. The third-order valence-electron chi connectivity index (χ3n) is 1.81. The van der Waals surface area contributed by atoms with Crippen LogP contribution in [0, 0.1) is 5.82 Å². The standard InChI is InChI=1S/C8H6BF4NO3/c10-6-4(9(16)17)2-1-3-5(6)14-7(15)8(11,12)13/h1-3,16-17H,(H,14,15). The van der Waals surface area contributed by atoms with Gasteiger partial charge in [-0.05, 0) is 6.07 Å². The fraction of sp³-hybridized carbons (Fsp3) is 0.125. The third-order valence-corrected chi connectivity index (χ3v) is 1.81. The van der Waals surface area contributed by atoms with Crippen LogP contribution in [0.3, 0.4) is 0 Å². The predicted octanol–water partition coefficient (Wildman–Crippen LogP) is 0.00630. The number of benzene rings is 1. The van der Waals surface area contributed by atoms with Crippen molar-refractivity contribution in [2.45, 2.75) is 6.18 Å². The number of hydrogen-bond donors (Lipinski definition) is 3. The van der Waals surface area contributed by atoms with Crippen LogP contribution in [0.4, 0.5) is 23.2 Å². The summed E-state index contributed by atoms with van der Waals surface area (Å²) in [4.78, 5) is 10.5. The zero-order valence-electron chi connectivity index (χ0n) is 8.12. The summed E-state index contributed by atoms with van der Waals surface area (Å²) < 4.78 is 49.0. The van der Waals surface area contributed by atoms with Gasteiger partial charge in [0.25, 0.3) is 0 Å². The van der Waals surface area contributed by atoms with E-state index in [9.17, 15) is 22.4 Å². The van der Waals surface area contributed by atoms with E-state index >= 15 is 0 Å². The highest BCUT2D eigenvalue weighted by atomic mass is 19.4. The van der Waals surface area contributed by atoms with Crippen LogP contribution < -0.4 is 10.8 Å². The van der Waals surface area contributed by atoms with Crippen molar-refractivity contribution in [1.29, 1.82) is 0 Å². The van der Waals surface area contributed by atoms with Crippen LogP contribution in [0.1, 0.15) is 0 Å². The molecule has 0 aromatic heterocycles. The molecule has 4 nitrogen and oxygen atoms in total. The molecule has 0 fully saturated rings. The zero-order chi connectivity index (χ0) is 13.2. The van der Waals surface area contributed by atoms with Crippen molar-refractivity contribution < 1.29 is 32.4 Å². The fourth-order valence-electron chi connectivity index (χ4n) is 1.04. The van der Waals surface area contributed by atoms with Crippen LogP contribution in [0.2, 0.25) is 0 Å². The first-order valence-corrected chi connectivity index (χ1v) is 4.26. The lowest BCUT2D eigenvalue weighted by molar-refractivity contribution is -0.167. The Kier molecular flexibility index (Phi) is 3.74. The summed E-state index contributed by atoms with van der Waals surface area (Å²) in [5, 5.41) is 18.7. The molecule has 1 rings (SSSR count). The van der Waals surface area contributed by atoms with E-state index < -0.39 is 36.2 Å². The molecule has 0 unspecified atom stereocenters. The quantitative estimate of drug-likeness (QED) is 0.512. The van der Waals surface area contributed by atoms with Gasteiger partial charge in [0.1, 0.15) is 5.82 Å². The number of carbonyl (C=O) groups excluding carboxylic acids is 1. The fourth-order valence-corrected chi connectivity index (χ4v) is 1.04. The molecule has 92 valence electrons. The minimum Gasteiger partial charge on any atom is -0.423 e. The Morgan fingerprint density at radius 1 is 1.29 bits per heavy atom. The molecule has 9 heteroatoms. The van der Waals surface area contributed by atoms with E-state index in [2.05, 4.69) is 0 Å². The highest BCUT2D eigenvalue weighted by Crippen LogP contribution is 2.19. The lowest BCUT2D eigenvalue weighted by Crippen LogP contribution is -2.35. The minimum absolute atomic E-state index is 0.634. The Balaban J connectivity index is 3.01. The number of anilines is 1. The zero-order valence-corrected chi connectivity index (χ0v) is 8.12. The van der Waals surface area contributed by atoms with Crippen molar-refractivity contribution in [3.8, 4) is 0 Å². The molecule has 3 N–H and O–H groups in total. The van der Waals surface area contributed by atoms with E-state index in [1.54, 1.807) is 0 Å². The number of halogens is 4. The number of nitrogens with one attached hydrogen (secondary N) is 1. The van der Waals surface area contributed by atoms with E-state index in [1.807, 2.05) is 0 Å². The van der Waals surface area contributed by atoms with Crippen molar-refractivity contribution in [3.63, 3.8) is 0 Å². The van der Waals surface area contributed by atoms with E-state index in [0.717, 1.165) is 18.2 Å². The van der Waals surface area contributed by atoms with Crippen LogP contribution in [0.25, 0.3) is 0 Å². The summed E-state index contributed by atoms with van der Waals surface area (Å²) in [5.41, 5.74) is -1.41. The van der Waals surface area contributed by atoms with Crippen molar-refractivity contribution in [1.82, 2.24) is 0 Å². The SMILES string of the molecule is O=C(Nc1cccc(B(O)O)c1F)C(F)(F)F. The maximum atomic E-state index is 13.4. The topological polar surface area (TPSA) is 69.6 Å². The van der Waals surface area contributed by atoms with Crippen LogP contribution in [0.5, 0.6) is 0 Å². The molecule has 0 aliphatic heterocycles. The Morgan fingerprint density at radius 2 is 1.88 bits per heavy atom. The number of rotatable bonds is 2. The molecule has 1 aromatic carbocycles. The molecular formula is C8H6BF4NO3. The van der Waals surface area contributed by atoms with Gasteiger partial charge in [0, 0.05) is 5.46 Å². The van der Waals surface area contributed by atoms with Gasteiger partial charge in [-0.1, -0.05) is 12.1 Å². The molecule has 0 heterocycles. The molecule has 0 aliphatic carbocycles. The van der Waals surface area contributed by atoms with Crippen LogP contribution >= 0.6 is 0 Å². The molecule has 17 heavy (non-hydrogen) atoms. The first-order valence-electron chi connectivity index (χ1n) is 4.26. The number of amides is 1. The summed E-state index contributed by atoms with van der Waals surface area (Å²) in [6, 6.07) is 2.90. The van der Waals surface area contributed by atoms with Gasteiger partial charge in [-0.2, -0.15) is 13.2 Å². The molecule has 0 saturated carbocycles. The Bertz CT molecular complexity index is 435. The summed E-state index contributed by atoms with van der Waals surface area (Å²) >= 11 is 0. The summed E-state index contributed by atoms with van der Waals surface area (Å²) in [6.07, 6.45) is -5.15. The second-order valence-corrected chi connectivity index (χ2v) is 3.03. The maximum absolute atomic E-state index is 13.4. The molecule has 1 aromatic rings. The van der Waals surface area contributed by atoms with Gasteiger partial charge in [-0.15, -0.1) is 0 Å². The summed E-state index contributed by atoms with van der Waals surface area (Å²) in [6.45, 7) is 0. The minimum atomic E-state index is -5.15. The molecule has 1 amide bonds. The molecule has 0 spiro atoms. The molecule has 0 saturated heterocycles. The van der Waals surface area contributed by atoms with Gasteiger partial charge in [0.2, 0.25) is 0 Å². The lowest BCUT2D eigenvalue weighted by Gasteiger charge is -2.10. The largest absolute Gasteiger partial charge is 0.491 e. The van der Waals surface area contributed by atoms with E-state index in [-0.39, 0.29) is 0 Å². The monoisotopic (exact) mass is 251 g/mol. The number of hydrogen-bond acceptors (Lipinski definition) is 3. The van der Waals surface area contributed by atoms with Gasteiger partial charge in [0.05, 0.1) is 5.69 Å². The molecule has 0 atom stereocenters. The molecule has 0 aliphatic rings. The van der Waals surface area contributed by atoms with Gasteiger partial charge in [-0.3, -0.25) is 4.79 Å². The smallest absolute Gasteiger partial charge is 0.423 e. The third kappa shape index (κ3) is 3.17. The van der Waals surface area contributed by atoms with Crippen LogP contribution in [-0.2, 0) is 4.79 Å². The normalized spacial score (nSPS) is 11.2. The Morgan fingerprint density at radius 3 is 2.35 bits per heavy atom. The number of carbonyl (C=O) groups is 1. The van der Waals surface area contributed by atoms with E-state index in [0.29, 0.717) is 0 Å². The van der Waals surface area contributed by atoms with Gasteiger partial charge in [0.15, 0.2) is 0 Å². The second kappa shape index (κ2) is 4.72. The summed E-state index contributed by atoms with van der Waals surface area (Å²) in [7, 11) is -2.18.